The molecule has 0 N–H and O–H groups in total. The Labute approximate surface area is 187 Å². The lowest BCUT2D eigenvalue weighted by molar-refractivity contribution is 0.120. The van der Waals surface area contributed by atoms with Gasteiger partial charge in [0.05, 0.1) is 12.2 Å². The van der Waals surface area contributed by atoms with Crippen molar-refractivity contribution in [1.29, 1.82) is 0 Å². The van der Waals surface area contributed by atoms with Gasteiger partial charge in [-0.1, -0.05) is 5.16 Å². The molecule has 1 saturated heterocycles. The molecule has 0 bridgehead atoms. The maximum atomic E-state index is 12.3. The third-order valence-corrected chi connectivity index (χ3v) is 6.58. The number of rotatable bonds is 6. The van der Waals surface area contributed by atoms with Crippen molar-refractivity contribution in [1.82, 2.24) is 34.5 Å². The first-order chi connectivity index (χ1) is 15.6. The van der Waals surface area contributed by atoms with Crippen molar-refractivity contribution in [3.05, 3.63) is 57.0 Å². The molecule has 9 heteroatoms. The molecule has 1 fully saturated rings. The standard InChI is InChI=1S/C23H31N7O2/c1-17-15-18(2)30(24-17)22-7-8-23(31)29(25-22)14-13-27-9-11-28(12-10-27)16-20-19-5-3-4-6-21(19)32-26-20/h7-8,15H,3-6,9-14,16H2,1-2H3. The van der Waals surface area contributed by atoms with E-state index < -0.39 is 0 Å². The second-order valence-corrected chi connectivity index (χ2v) is 8.95. The largest absolute Gasteiger partial charge is 0.361 e. The Morgan fingerprint density at radius 2 is 1.75 bits per heavy atom. The third-order valence-electron chi connectivity index (χ3n) is 6.58. The molecule has 0 aromatic carbocycles. The first kappa shape index (κ1) is 21.1. The molecule has 0 unspecified atom stereocenters. The van der Waals surface area contributed by atoms with Gasteiger partial charge in [0.1, 0.15) is 11.5 Å². The Morgan fingerprint density at radius 3 is 2.53 bits per heavy atom. The molecular formula is C23H31N7O2. The summed E-state index contributed by atoms with van der Waals surface area (Å²) >= 11 is 0. The van der Waals surface area contributed by atoms with E-state index in [0.29, 0.717) is 12.4 Å². The minimum atomic E-state index is -0.0790. The van der Waals surface area contributed by atoms with Crippen LogP contribution < -0.4 is 5.56 Å². The van der Waals surface area contributed by atoms with E-state index in [1.165, 1.54) is 18.4 Å². The summed E-state index contributed by atoms with van der Waals surface area (Å²) in [5.74, 6) is 1.78. The van der Waals surface area contributed by atoms with Crippen molar-refractivity contribution < 1.29 is 4.52 Å². The molecule has 32 heavy (non-hydrogen) atoms. The number of hydrogen-bond acceptors (Lipinski definition) is 7. The van der Waals surface area contributed by atoms with Crippen LogP contribution in [0, 0.1) is 13.8 Å². The van der Waals surface area contributed by atoms with Crippen LogP contribution in [0.15, 0.2) is 27.5 Å². The molecule has 0 spiro atoms. The lowest BCUT2D eigenvalue weighted by Gasteiger charge is -2.34. The predicted octanol–water partition coefficient (Wildman–Crippen LogP) is 1.73. The number of nitrogens with zero attached hydrogens (tertiary/aromatic N) is 7. The van der Waals surface area contributed by atoms with Crippen LogP contribution in [0.4, 0.5) is 0 Å². The Kier molecular flexibility index (Phi) is 5.93. The summed E-state index contributed by atoms with van der Waals surface area (Å²) in [6, 6.07) is 5.32. The molecule has 0 saturated carbocycles. The molecule has 0 amide bonds. The van der Waals surface area contributed by atoms with Gasteiger partial charge in [0.25, 0.3) is 5.56 Å². The van der Waals surface area contributed by atoms with Gasteiger partial charge in [-0.3, -0.25) is 14.6 Å². The Balaban J connectivity index is 1.16. The minimum absolute atomic E-state index is 0.0790. The molecule has 0 radical (unpaired) electrons. The topological polar surface area (TPSA) is 85.2 Å². The molecule has 0 atom stereocenters. The highest BCUT2D eigenvalue weighted by Crippen LogP contribution is 2.25. The number of fused-ring (bicyclic) bond motifs is 1. The third kappa shape index (κ3) is 4.40. The van der Waals surface area contributed by atoms with Gasteiger partial charge >= 0.3 is 0 Å². The van der Waals surface area contributed by atoms with Crippen molar-refractivity contribution in [3.8, 4) is 5.82 Å². The average Bonchev–Trinajstić information content (AvgIpc) is 3.36. The average molecular weight is 438 g/mol. The van der Waals surface area contributed by atoms with Crippen LogP contribution >= 0.6 is 0 Å². The van der Waals surface area contributed by atoms with E-state index >= 15 is 0 Å². The quantitative estimate of drug-likeness (QED) is 0.581. The summed E-state index contributed by atoms with van der Waals surface area (Å²) in [4.78, 5) is 17.2. The Morgan fingerprint density at radius 1 is 0.969 bits per heavy atom. The van der Waals surface area contributed by atoms with E-state index in [-0.39, 0.29) is 5.56 Å². The number of aryl methyl sites for hydroxylation is 3. The monoisotopic (exact) mass is 437 g/mol. The second kappa shape index (κ2) is 8.99. The van der Waals surface area contributed by atoms with Crippen LogP contribution in [0.25, 0.3) is 5.82 Å². The first-order valence-corrected chi connectivity index (χ1v) is 11.6. The van der Waals surface area contributed by atoms with E-state index in [1.807, 2.05) is 19.9 Å². The molecule has 2 aliphatic rings. The highest BCUT2D eigenvalue weighted by Gasteiger charge is 2.23. The fraction of sp³-hybridized carbons (Fsp3) is 0.565. The summed E-state index contributed by atoms with van der Waals surface area (Å²) < 4.78 is 8.91. The summed E-state index contributed by atoms with van der Waals surface area (Å²) in [6.45, 7) is 10.1. The normalized spacial score (nSPS) is 17.6. The van der Waals surface area contributed by atoms with Gasteiger partial charge in [0, 0.05) is 63.0 Å². The second-order valence-electron chi connectivity index (χ2n) is 8.95. The minimum Gasteiger partial charge on any atom is -0.361 e. The number of piperazine rings is 1. The summed E-state index contributed by atoms with van der Waals surface area (Å²) in [7, 11) is 0. The van der Waals surface area contributed by atoms with E-state index in [9.17, 15) is 4.79 Å². The smallest absolute Gasteiger partial charge is 0.266 e. The number of hydrogen-bond donors (Lipinski definition) is 0. The summed E-state index contributed by atoms with van der Waals surface area (Å²) in [5.41, 5.74) is 4.34. The molecule has 3 aromatic heterocycles. The highest BCUT2D eigenvalue weighted by atomic mass is 16.5. The zero-order valence-electron chi connectivity index (χ0n) is 19.0. The van der Waals surface area contributed by atoms with E-state index in [4.69, 9.17) is 4.52 Å². The van der Waals surface area contributed by atoms with Crippen LogP contribution in [0.2, 0.25) is 0 Å². The molecule has 5 rings (SSSR count). The fourth-order valence-corrected chi connectivity index (χ4v) is 4.76. The van der Waals surface area contributed by atoms with Gasteiger partial charge in [-0.25, -0.2) is 9.36 Å². The van der Waals surface area contributed by atoms with Crippen molar-refractivity contribution in [3.63, 3.8) is 0 Å². The van der Waals surface area contributed by atoms with Crippen LogP contribution in [-0.4, -0.2) is 67.2 Å². The molecular weight excluding hydrogens is 406 g/mol. The van der Waals surface area contributed by atoms with E-state index in [2.05, 4.69) is 25.2 Å². The zero-order chi connectivity index (χ0) is 22.1. The fourth-order valence-electron chi connectivity index (χ4n) is 4.76. The van der Waals surface area contributed by atoms with Crippen LogP contribution in [0.5, 0.6) is 0 Å². The Hall–Kier alpha value is -2.78. The van der Waals surface area contributed by atoms with Crippen molar-refractivity contribution in [2.45, 2.75) is 52.6 Å². The summed E-state index contributed by atoms with van der Waals surface area (Å²) in [5, 5.41) is 13.4. The molecule has 9 nitrogen and oxygen atoms in total. The van der Waals surface area contributed by atoms with Gasteiger partial charge in [-0.2, -0.15) is 5.10 Å². The maximum Gasteiger partial charge on any atom is 0.266 e. The maximum absolute atomic E-state index is 12.3. The molecule has 1 aliphatic heterocycles. The van der Waals surface area contributed by atoms with Crippen molar-refractivity contribution in [2.75, 3.05) is 32.7 Å². The highest BCUT2D eigenvalue weighted by molar-refractivity contribution is 5.25. The van der Waals surface area contributed by atoms with Crippen LogP contribution in [0.1, 0.15) is 41.2 Å². The lowest BCUT2D eigenvalue weighted by atomic mass is 9.96. The Bertz CT molecular complexity index is 1140. The van der Waals surface area contributed by atoms with Gasteiger partial charge in [0.15, 0.2) is 5.82 Å². The first-order valence-electron chi connectivity index (χ1n) is 11.6. The predicted molar refractivity (Wildman–Crippen MR) is 120 cm³/mol. The molecule has 3 aromatic rings. The zero-order valence-corrected chi connectivity index (χ0v) is 19.0. The van der Waals surface area contributed by atoms with Gasteiger partial charge < -0.3 is 4.52 Å². The van der Waals surface area contributed by atoms with E-state index in [1.54, 1.807) is 21.5 Å². The van der Waals surface area contributed by atoms with E-state index in [0.717, 1.165) is 75.0 Å². The van der Waals surface area contributed by atoms with Crippen LogP contribution in [0.3, 0.4) is 0 Å². The molecule has 4 heterocycles. The molecule has 1 aliphatic carbocycles. The van der Waals surface area contributed by atoms with Gasteiger partial charge in [-0.05, 0) is 45.2 Å². The summed E-state index contributed by atoms with van der Waals surface area (Å²) in [6.07, 6.45) is 4.59. The van der Waals surface area contributed by atoms with Gasteiger partial charge in [-0.15, -0.1) is 5.10 Å². The van der Waals surface area contributed by atoms with Crippen LogP contribution in [-0.2, 0) is 25.9 Å². The van der Waals surface area contributed by atoms with Crippen molar-refractivity contribution in [2.24, 2.45) is 0 Å². The van der Waals surface area contributed by atoms with Gasteiger partial charge in [0.2, 0.25) is 0 Å². The molecule has 170 valence electrons. The lowest BCUT2D eigenvalue weighted by Crippen LogP contribution is -2.47. The number of aromatic nitrogens is 5. The SMILES string of the molecule is Cc1cc(C)n(-c2ccc(=O)n(CCN3CCN(Cc4noc5c4CCCC5)CC3)n2)n1. The van der Waals surface area contributed by atoms with Crippen molar-refractivity contribution >= 4 is 0 Å².